The van der Waals surface area contributed by atoms with Gasteiger partial charge in [-0.1, -0.05) is 163 Å². The van der Waals surface area contributed by atoms with Crippen LogP contribution in [0.2, 0.25) is 0 Å². The van der Waals surface area contributed by atoms with Gasteiger partial charge in [-0.2, -0.15) is 0 Å². The van der Waals surface area contributed by atoms with Gasteiger partial charge in [-0.15, -0.1) is 0 Å². The van der Waals surface area contributed by atoms with Gasteiger partial charge in [0, 0.05) is 19.3 Å². The topological polar surface area (TPSA) is 78.9 Å². The van der Waals surface area contributed by atoms with Gasteiger partial charge in [0.2, 0.25) is 0 Å². The third kappa shape index (κ3) is 30.8. The van der Waals surface area contributed by atoms with Gasteiger partial charge in [-0.25, -0.2) is 0 Å². The molecule has 0 aliphatic heterocycles. The number of hydrogen-bond acceptors (Lipinski definition) is 6. The molecule has 2 unspecified atom stereocenters. The fraction of sp³-hybridized carbons (Fsp3) is 0.923. The molecule has 266 valence electrons. The van der Waals surface area contributed by atoms with E-state index in [2.05, 4.69) is 34.6 Å². The van der Waals surface area contributed by atoms with E-state index < -0.39 is 6.10 Å². The average Bonchev–Trinajstić information content (AvgIpc) is 3.03. The van der Waals surface area contributed by atoms with Crippen LogP contribution >= 0.6 is 0 Å². The number of carbonyl (C=O) groups excluding carboxylic acids is 3. The van der Waals surface area contributed by atoms with Crippen molar-refractivity contribution in [3.63, 3.8) is 0 Å². The lowest BCUT2D eigenvalue weighted by molar-refractivity contribution is -0.167. The van der Waals surface area contributed by atoms with Crippen LogP contribution < -0.4 is 0 Å². The van der Waals surface area contributed by atoms with Crippen LogP contribution in [0.25, 0.3) is 0 Å². The van der Waals surface area contributed by atoms with Crippen LogP contribution in [0.4, 0.5) is 0 Å². The molecule has 0 saturated heterocycles. The third-order valence-corrected chi connectivity index (χ3v) is 9.19. The van der Waals surface area contributed by atoms with Crippen LogP contribution in [0.5, 0.6) is 0 Å². The van der Waals surface area contributed by atoms with Crippen LogP contribution in [0.1, 0.15) is 202 Å². The lowest BCUT2D eigenvalue weighted by atomic mass is 10.00. The molecule has 0 aromatic heterocycles. The summed E-state index contributed by atoms with van der Waals surface area (Å²) in [5.41, 5.74) is 0. The Balaban J connectivity index is 4.38. The maximum absolute atomic E-state index is 12.6. The second kappa shape index (κ2) is 32.4. The zero-order valence-corrected chi connectivity index (χ0v) is 30.5. The third-order valence-electron chi connectivity index (χ3n) is 9.19. The van der Waals surface area contributed by atoms with Gasteiger partial charge < -0.3 is 14.2 Å². The summed E-state index contributed by atoms with van der Waals surface area (Å²) in [5.74, 6) is 0.745. The molecule has 0 radical (unpaired) electrons. The molecule has 0 aromatic rings. The van der Waals surface area contributed by atoms with Gasteiger partial charge in [0.05, 0.1) is 0 Å². The van der Waals surface area contributed by atoms with Crippen LogP contribution in [-0.2, 0) is 28.6 Å². The number of carbonyl (C=O) groups is 3. The van der Waals surface area contributed by atoms with Crippen LogP contribution in [0.15, 0.2) is 0 Å². The SMILES string of the molecule is CCCCCCCCCC(=O)OC[C@@H](COC(=O)CCCCCCCCC(C)CC)OC(=O)CCCCCCCCC(C)CC. The standard InChI is InChI=1S/C39H74O6/c1-6-9-10-11-12-19-24-29-37(40)43-32-36(45-39(42)31-26-21-16-14-18-23-28-35(5)8-3)33-44-38(41)30-25-20-15-13-17-22-27-34(4)7-2/h34-36H,6-33H2,1-5H3/t34?,35?,36-/m0/s1. The van der Waals surface area contributed by atoms with Gasteiger partial charge in [0.1, 0.15) is 13.2 Å². The van der Waals surface area contributed by atoms with Crippen molar-refractivity contribution >= 4 is 17.9 Å². The Kier molecular flexibility index (Phi) is 31.2. The van der Waals surface area contributed by atoms with E-state index in [-0.39, 0.29) is 31.1 Å². The van der Waals surface area contributed by atoms with Crippen molar-refractivity contribution in [2.75, 3.05) is 13.2 Å². The maximum atomic E-state index is 12.6. The molecule has 0 aliphatic carbocycles. The van der Waals surface area contributed by atoms with E-state index in [1.165, 1.54) is 89.9 Å². The van der Waals surface area contributed by atoms with Crippen molar-refractivity contribution in [3.8, 4) is 0 Å². The lowest BCUT2D eigenvalue weighted by Crippen LogP contribution is -2.30. The Hall–Kier alpha value is -1.59. The van der Waals surface area contributed by atoms with E-state index in [0.29, 0.717) is 19.3 Å². The fourth-order valence-electron chi connectivity index (χ4n) is 5.45. The predicted molar refractivity (Wildman–Crippen MR) is 187 cm³/mol. The largest absolute Gasteiger partial charge is 0.462 e. The highest BCUT2D eigenvalue weighted by molar-refractivity contribution is 5.71. The highest BCUT2D eigenvalue weighted by Crippen LogP contribution is 2.16. The first-order valence-electron chi connectivity index (χ1n) is 19.3. The van der Waals surface area contributed by atoms with E-state index in [1.807, 2.05) is 0 Å². The first-order valence-corrected chi connectivity index (χ1v) is 19.3. The minimum atomic E-state index is -0.759. The summed E-state index contributed by atoms with van der Waals surface area (Å²) in [6, 6.07) is 0. The first kappa shape index (κ1) is 43.4. The Morgan fingerprint density at radius 3 is 1.16 bits per heavy atom. The van der Waals surface area contributed by atoms with Gasteiger partial charge in [-0.3, -0.25) is 14.4 Å². The zero-order valence-electron chi connectivity index (χ0n) is 30.5. The molecule has 0 aromatic carbocycles. The number of unbranched alkanes of at least 4 members (excludes halogenated alkanes) is 16. The predicted octanol–water partition coefficient (Wildman–Crippen LogP) is 11.5. The van der Waals surface area contributed by atoms with Crippen LogP contribution in [0.3, 0.4) is 0 Å². The van der Waals surface area contributed by atoms with Crippen molar-refractivity contribution in [2.24, 2.45) is 11.8 Å². The summed E-state index contributed by atoms with van der Waals surface area (Å²) < 4.78 is 16.5. The van der Waals surface area contributed by atoms with Crippen molar-refractivity contribution in [1.29, 1.82) is 0 Å². The molecule has 0 fully saturated rings. The summed E-state index contributed by atoms with van der Waals surface area (Å²) in [6.07, 6.45) is 26.7. The Morgan fingerprint density at radius 2 is 0.778 bits per heavy atom. The molecule has 0 heterocycles. The molecule has 0 rings (SSSR count). The Morgan fingerprint density at radius 1 is 0.444 bits per heavy atom. The quantitative estimate of drug-likeness (QED) is 0.0404. The summed E-state index contributed by atoms with van der Waals surface area (Å²) in [5, 5.41) is 0. The van der Waals surface area contributed by atoms with Crippen LogP contribution in [0, 0.1) is 11.8 Å². The first-order chi connectivity index (χ1) is 21.8. The van der Waals surface area contributed by atoms with Gasteiger partial charge >= 0.3 is 17.9 Å². The highest BCUT2D eigenvalue weighted by Gasteiger charge is 2.19. The van der Waals surface area contributed by atoms with Gasteiger partial charge in [0.15, 0.2) is 6.10 Å². The zero-order chi connectivity index (χ0) is 33.4. The van der Waals surface area contributed by atoms with Crippen LogP contribution in [-0.4, -0.2) is 37.2 Å². The average molecular weight is 639 g/mol. The van der Waals surface area contributed by atoms with Crippen molar-refractivity contribution < 1.29 is 28.6 Å². The smallest absolute Gasteiger partial charge is 0.306 e. The monoisotopic (exact) mass is 639 g/mol. The van der Waals surface area contributed by atoms with Crippen molar-refractivity contribution in [3.05, 3.63) is 0 Å². The molecule has 0 amide bonds. The number of ether oxygens (including phenoxy) is 3. The molecule has 0 bridgehead atoms. The van der Waals surface area contributed by atoms with Gasteiger partial charge in [-0.05, 0) is 31.1 Å². The minimum Gasteiger partial charge on any atom is -0.462 e. The summed E-state index contributed by atoms with van der Waals surface area (Å²) in [6.45, 7) is 11.2. The summed E-state index contributed by atoms with van der Waals surface area (Å²) in [4.78, 5) is 37.3. The molecular weight excluding hydrogens is 564 g/mol. The Labute approximate surface area is 278 Å². The van der Waals surface area contributed by atoms with E-state index in [0.717, 1.165) is 69.6 Å². The molecule has 0 N–H and O–H groups in total. The molecule has 6 nitrogen and oxygen atoms in total. The molecule has 0 spiro atoms. The van der Waals surface area contributed by atoms with E-state index in [1.54, 1.807) is 0 Å². The van der Waals surface area contributed by atoms with Crippen molar-refractivity contribution in [1.82, 2.24) is 0 Å². The second-order valence-corrected chi connectivity index (χ2v) is 13.7. The molecular formula is C39H74O6. The fourth-order valence-corrected chi connectivity index (χ4v) is 5.45. The molecule has 0 aliphatic rings. The summed E-state index contributed by atoms with van der Waals surface area (Å²) >= 11 is 0. The van der Waals surface area contributed by atoms with E-state index in [9.17, 15) is 14.4 Å². The molecule has 6 heteroatoms. The maximum Gasteiger partial charge on any atom is 0.306 e. The molecule has 3 atom stereocenters. The normalized spacial score (nSPS) is 13.3. The van der Waals surface area contributed by atoms with E-state index >= 15 is 0 Å². The Bertz CT molecular complexity index is 693. The van der Waals surface area contributed by atoms with Gasteiger partial charge in [0.25, 0.3) is 0 Å². The second-order valence-electron chi connectivity index (χ2n) is 13.7. The number of rotatable bonds is 33. The summed E-state index contributed by atoms with van der Waals surface area (Å²) in [7, 11) is 0. The molecule has 45 heavy (non-hydrogen) atoms. The highest BCUT2D eigenvalue weighted by atomic mass is 16.6. The van der Waals surface area contributed by atoms with E-state index in [4.69, 9.17) is 14.2 Å². The number of esters is 3. The molecule has 0 saturated carbocycles. The number of hydrogen-bond donors (Lipinski definition) is 0. The lowest BCUT2D eigenvalue weighted by Gasteiger charge is -2.18. The minimum absolute atomic E-state index is 0.0683. The van der Waals surface area contributed by atoms with Crippen molar-refractivity contribution in [2.45, 2.75) is 208 Å².